The molecule has 0 radical (unpaired) electrons. The van der Waals surface area contributed by atoms with Crippen molar-refractivity contribution in [3.63, 3.8) is 0 Å². The molecular weight excluding hydrogens is 419 g/mol. The highest BCUT2D eigenvalue weighted by atomic mass is 127. The molecule has 0 fully saturated rings. The van der Waals surface area contributed by atoms with Crippen molar-refractivity contribution in [1.29, 1.82) is 0 Å². The Kier molecular flexibility index (Phi) is 5.96. The van der Waals surface area contributed by atoms with Gasteiger partial charge < -0.3 is 5.32 Å². The molecule has 108 valence electrons. The zero-order chi connectivity index (χ0) is 15.2. The van der Waals surface area contributed by atoms with Crippen molar-refractivity contribution in [3.8, 4) is 0 Å². The van der Waals surface area contributed by atoms with Crippen molar-refractivity contribution in [1.82, 2.24) is 10.6 Å². The monoisotopic (exact) mass is 430 g/mol. The van der Waals surface area contributed by atoms with Crippen LogP contribution in [0.3, 0.4) is 0 Å². The molecule has 0 unspecified atom stereocenters. The Morgan fingerprint density at radius 3 is 2.67 bits per heavy atom. The molecule has 0 aliphatic heterocycles. The average Bonchev–Trinajstić information content (AvgIpc) is 2.46. The molecule has 0 aliphatic rings. The van der Waals surface area contributed by atoms with Crippen molar-refractivity contribution in [2.24, 2.45) is 0 Å². The van der Waals surface area contributed by atoms with Crippen LogP contribution in [0.5, 0.6) is 0 Å². The molecule has 0 aromatic heterocycles. The van der Waals surface area contributed by atoms with Crippen LogP contribution in [0.2, 0.25) is 5.02 Å². The topological polar surface area (TPSA) is 41.1 Å². The predicted octanol–water partition coefficient (Wildman–Crippen LogP) is 3.75. The Bertz CT molecular complexity index is 678. The Morgan fingerprint density at radius 2 is 1.95 bits per heavy atom. The fraction of sp³-hybridized carbons (Fsp3) is 0.0667. The van der Waals surface area contributed by atoms with Crippen molar-refractivity contribution in [2.45, 2.75) is 6.54 Å². The summed E-state index contributed by atoms with van der Waals surface area (Å²) in [6.45, 7) is 0.463. The van der Waals surface area contributed by atoms with Crippen molar-refractivity contribution < 1.29 is 4.79 Å². The summed E-state index contributed by atoms with van der Waals surface area (Å²) in [7, 11) is 0. The number of rotatable bonds is 3. The molecular formula is C15H12ClIN2OS. The van der Waals surface area contributed by atoms with E-state index >= 15 is 0 Å². The third-order valence-corrected chi connectivity index (χ3v) is 4.00. The van der Waals surface area contributed by atoms with Crippen LogP contribution in [0.1, 0.15) is 15.9 Å². The van der Waals surface area contributed by atoms with Gasteiger partial charge in [0, 0.05) is 20.7 Å². The smallest absolute Gasteiger partial charge is 0.257 e. The van der Waals surface area contributed by atoms with Crippen molar-refractivity contribution in [3.05, 3.63) is 68.3 Å². The summed E-state index contributed by atoms with van der Waals surface area (Å²) in [5.41, 5.74) is 1.49. The van der Waals surface area contributed by atoms with Crippen LogP contribution in [0.15, 0.2) is 48.5 Å². The molecule has 2 aromatic rings. The maximum absolute atomic E-state index is 12.0. The zero-order valence-corrected chi connectivity index (χ0v) is 14.6. The first-order valence-corrected chi connectivity index (χ1v) is 8.01. The van der Waals surface area contributed by atoms with E-state index in [0.717, 1.165) is 9.13 Å². The van der Waals surface area contributed by atoms with Gasteiger partial charge in [-0.25, -0.2) is 0 Å². The largest absolute Gasteiger partial charge is 0.358 e. The highest BCUT2D eigenvalue weighted by Crippen LogP contribution is 2.14. The van der Waals surface area contributed by atoms with Crippen LogP contribution in [-0.2, 0) is 6.54 Å². The van der Waals surface area contributed by atoms with Gasteiger partial charge in [-0.1, -0.05) is 35.9 Å². The van der Waals surface area contributed by atoms with Gasteiger partial charge >= 0.3 is 0 Å². The van der Waals surface area contributed by atoms with Crippen molar-refractivity contribution >= 4 is 57.4 Å². The maximum atomic E-state index is 12.0. The minimum Gasteiger partial charge on any atom is -0.358 e. The molecule has 0 bridgehead atoms. The summed E-state index contributed by atoms with van der Waals surface area (Å²) in [5, 5.41) is 6.56. The number of nitrogens with one attached hydrogen (secondary N) is 2. The molecule has 2 rings (SSSR count). The van der Waals surface area contributed by atoms with Crippen LogP contribution in [0.25, 0.3) is 0 Å². The highest BCUT2D eigenvalue weighted by Gasteiger charge is 2.08. The molecule has 3 nitrogen and oxygen atoms in total. The summed E-state index contributed by atoms with van der Waals surface area (Å²) in [4.78, 5) is 12.0. The predicted molar refractivity (Wildman–Crippen MR) is 97.5 cm³/mol. The highest BCUT2D eigenvalue weighted by molar-refractivity contribution is 14.1. The van der Waals surface area contributed by atoms with Gasteiger partial charge in [0.15, 0.2) is 5.11 Å². The van der Waals surface area contributed by atoms with E-state index in [-0.39, 0.29) is 11.0 Å². The molecule has 2 aromatic carbocycles. The standard InChI is InChI=1S/C15H12ClIN2OS/c16-13-7-2-1-4-11(13)9-18-15(21)19-14(20)10-5-3-6-12(17)8-10/h1-8H,9H2,(H2,18,19,20,21). The second-order valence-corrected chi connectivity index (χ2v) is 6.30. The first-order valence-electron chi connectivity index (χ1n) is 6.14. The lowest BCUT2D eigenvalue weighted by Crippen LogP contribution is -2.38. The van der Waals surface area contributed by atoms with E-state index in [1.54, 1.807) is 12.1 Å². The average molecular weight is 431 g/mol. The molecule has 0 heterocycles. The van der Waals surface area contributed by atoms with Crippen LogP contribution < -0.4 is 10.6 Å². The van der Waals surface area contributed by atoms with Crippen molar-refractivity contribution in [2.75, 3.05) is 0 Å². The quantitative estimate of drug-likeness (QED) is 0.576. The molecule has 0 saturated carbocycles. The summed E-state index contributed by atoms with van der Waals surface area (Å²) in [5.74, 6) is -0.231. The molecule has 0 atom stereocenters. The fourth-order valence-corrected chi connectivity index (χ4v) is 2.58. The number of thiocarbonyl (C=S) groups is 1. The van der Waals surface area contributed by atoms with Crippen LogP contribution in [0.4, 0.5) is 0 Å². The maximum Gasteiger partial charge on any atom is 0.257 e. The van der Waals surface area contributed by atoms with Crippen LogP contribution in [0, 0.1) is 3.57 Å². The molecule has 0 saturated heterocycles. The lowest BCUT2D eigenvalue weighted by atomic mass is 10.2. The minimum absolute atomic E-state index is 0.231. The number of carbonyl (C=O) groups excluding carboxylic acids is 1. The lowest BCUT2D eigenvalue weighted by Gasteiger charge is -2.10. The van der Waals surface area contributed by atoms with E-state index < -0.39 is 0 Å². The second kappa shape index (κ2) is 7.72. The van der Waals surface area contributed by atoms with E-state index in [0.29, 0.717) is 17.1 Å². The third kappa shape index (κ3) is 4.94. The molecule has 2 N–H and O–H groups in total. The van der Waals surface area contributed by atoms with Gasteiger partial charge in [-0.3, -0.25) is 10.1 Å². The lowest BCUT2D eigenvalue weighted by molar-refractivity contribution is 0.0976. The molecule has 21 heavy (non-hydrogen) atoms. The van der Waals surface area contributed by atoms with E-state index in [2.05, 4.69) is 33.2 Å². The van der Waals surface area contributed by atoms with Gasteiger partial charge in [0.2, 0.25) is 0 Å². The zero-order valence-electron chi connectivity index (χ0n) is 10.9. The molecule has 6 heteroatoms. The molecule has 0 aliphatic carbocycles. The van der Waals surface area contributed by atoms with E-state index in [4.69, 9.17) is 23.8 Å². The number of amides is 1. The normalized spacial score (nSPS) is 10.0. The molecule has 0 spiro atoms. The van der Waals surface area contributed by atoms with Gasteiger partial charge in [-0.2, -0.15) is 0 Å². The minimum atomic E-state index is -0.231. The SMILES string of the molecule is O=C(NC(=S)NCc1ccccc1Cl)c1cccc(I)c1. The third-order valence-electron chi connectivity index (χ3n) is 2.71. The molecule has 1 amide bonds. The Labute approximate surface area is 147 Å². The summed E-state index contributed by atoms with van der Waals surface area (Å²) >= 11 is 13.3. The fourth-order valence-electron chi connectivity index (χ4n) is 1.67. The van der Waals surface area contributed by atoms with Gasteiger partial charge in [-0.05, 0) is 64.6 Å². The van der Waals surface area contributed by atoms with Gasteiger partial charge in [0.25, 0.3) is 5.91 Å². The second-order valence-electron chi connectivity index (χ2n) is 4.24. The van der Waals surface area contributed by atoms with Crippen LogP contribution >= 0.6 is 46.4 Å². The van der Waals surface area contributed by atoms with E-state index in [1.165, 1.54) is 0 Å². The van der Waals surface area contributed by atoms with Gasteiger partial charge in [0.1, 0.15) is 0 Å². The Hall–Kier alpha value is -1.18. The number of hydrogen-bond donors (Lipinski definition) is 2. The van der Waals surface area contributed by atoms with E-state index in [9.17, 15) is 4.79 Å². The number of hydrogen-bond acceptors (Lipinski definition) is 2. The van der Waals surface area contributed by atoms with Gasteiger partial charge in [0.05, 0.1) is 0 Å². The van der Waals surface area contributed by atoms with E-state index in [1.807, 2.05) is 36.4 Å². The number of halogens is 2. The summed E-state index contributed by atoms with van der Waals surface area (Å²) in [6.07, 6.45) is 0. The Balaban J connectivity index is 1.90. The van der Waals surface area contributed by atoms with Crippen LogP contribution in [-0.4, -0.2) is 11.0 Å². The first kappa shape index (κ1) is 16.2. The van der Waals surface area contributed by atoms with Gasteiger partial charge in [-0.15, -0.1) is 0 Å². The number of benzene rings is 2. The summed E-state index contributed by atoms with van der Waals surface area (Å²) in [6, 6.07) is 14.8. The first-order chi connectivity index (χ1) is 10.1. The summed E-state index contributed by atoms with van der Waals surface area (Å²) < 4.78 is 0.996. The number of carbonyl (C=O) groups is 1. The Morgan fingerprint density at radius 1 is 1.19 bits per heavy atom.